The van der Waals surface area contributed by atoms with E-state index in [-0.39, 0.29) is 12.1 Å². The number of nitrogens with zero attached hydrogens (tertiary/aromatic N) is 2. The van der Waals surface area contributed by atoms with E-state index in [2.05, 4.69) is 9.80 Å². The highest BCUT2D eigenvalue weighted by Crippen LogP contribution is 2.13. The minimum atomic E-state index is -0.715. The fourth-order valence-electron chi connectivity index (χ4n) is 2.35. The predicted molar refractivity (Wildman–Crippen MR) is 75.7 cm³/mol. The first-order valence-electron chi connectivity index (χ1n) is 6.47. The first-order chi connectivity index (χ1) is 8.47. The molecule has 6 heteroatoms. The van der Waals surface area contributed by atoms with Crippen molar-refractivity contribution in [3.05, 3.63) is 0 Å². The van der Waals surface area contributed by atoms with E-state index < -0.39 is 5.97 Å². The van der Waals surface area contributed by atoms with Crippen LogP contribution in [-0.4, -0.2) is 64.1 Å². The van der Waals surface area contributed by atoms with Crippen molar-refractivity contribution in [3.8, 4) is 0 Å². The second-order valence-corrected chi connectivity index (χ2v) is 5.26. The average Bonchev–Trinajstić information content (AvgIpc) is 2.35. The quantitative estimate of drug-likeness (QED) is 0.688. The van der Waals surface area contributed by atoms with Crippen LogP contribution in [0, 0.1) is 0 Å². The van der Waals surface area contributed by atoms with Crippen molar-refractivity contribution in [3.63, 3.8) is 0 Å². The van der Waals surface area contributed by atoms with Crippen LogP contribution >= 0.6 is 12.2 Å². The molecule has 2 unspecified atom stereocenters. The highest BCUT2D eigenvalue weighted by Gasteiger charge is 2.29. The summed E-state index contributed by atoms with van der Waals surface area (Å²) in [6, 6.07) is -0.256. The summed E-state index contributed by atoms with van der Waals surface area (Å²) in [6.45, 7) is 7.20. The molecule has 0 amide bonds. The van der Waals surface area contributed by atoms with Gasteiger partial charge in [-0.05, 0) is 13.3 Å². The molecule has 0 aromatic carbocycles. The van der Waals surface area contributed by atoms with Gasteiger partial charge in [0.1, 0.15) is 6.04 Å². The highest BCUT2D eigenvalue weighted by atomic mass is 32.1. The summed E-state index contributed by atoms with van der Waals surface area (Å²) in [5.74, 6) is -0.715. The summed E-state index contributed by atoms with van der Waals surface area (Å²) in [5, 5.41) is 9.22. The number of carbonyl (C=O) groups is 1. The van der Waals surface area contributed by atoms with Gasteiger partial charge in [0.25, 0.3) is 0 Å². The van der Waals surface area contributed by atoms with E-state index >= 15 is 0 Å². The monoisotopic (exact) mass is 273 g/mol. The van der Waals surface area contributed by atoms with Crippen LogP contribution in [0.3, 0.4) is 0 Å². The molecular weight excluding hydrogens is 250 g/mol. The molecule has 0 aromatic rings. The second-order valence-electron chi connectivity index (χ2n) is 4.79. The van der Waals surface area contributed by atoms with Crippen molar-refractivity contribution in [2.45, 2.75) is 38.8 Å². The van der Waals surface area contributed by atoms with Gasteiger partial charge in [0.05, 0.1) is 11.0 Å². The zero-order chi connectivity index (χ0) is 13.7. The lowest BCUT2D eigenvalue weighted by Crippen LogP contribution is -2.56. The lowest BCUT2D eigenvalue weighted by molar-refractivity contribution is -0.144. The molecule has 1 fully saturated rings. The molecule has 18 heavy (non-hydrogen) atoms. The van der Waals surface area contributed by atoms with Gasteiger partial charge in [-0.25, -0.2) is 0 Å². The Labute approximate surface area is 114 Å². The van der Waals surface area contributed by atoms with Gasteiger partial charge < -0.3 is 10.8 Å². The third-order valence-electron chi connectivity index (χ3n) is 3.60. The van der Waals surface area contributed by atoms with E-state index in [1.54, 1.807) is 0 Å². The molecule has 1 rings (SSSR count). The van der Waals surface area contributed by atoms with E-state index in [1.165, 1.54) is 0 Å². The molecule has 3 N–H and O–H groups in total. The fourth-order valence-corrected chi connectivity index (χ4v) is 2.50. The molecule has 104 valence electrons. The minimum Gasteiger partial charge on any atom is -0.480 e. The number of aliphatic carboxylic acids is 1. The van der Waals surface area contributed by atoms with E-state index in [0.29, 0.717) is 11.4 Å². The Morgan fingerprint density at radius 2 is 1.83 bits per heavy atom. The van der Waals surface area contributed by atoms with Crippen LogP contribution in [-0.2, 0) is 4.79 Å². The number of nitrogens with two attached hydrogens (primary N) is 1. The van der Waals surface area contributed by atoms with Gasteiger partial charge in [-0.3, -0.25) is 14.6 Å². The first kappa shape index (κ1) is 15.3. The molecule has 0 aromatic heterocycles. The Bertz CT molecular complexity index is 304. The zero-order valence-corrected chi connectivity index (χ0v) is 11.9. The number of hydrogen-bond acceptors (Lipinski definition) is 4. The van der Waals surface area contributed by atoms with Crippen molar-refractivity contribution >= 4 is 23.2 Å². The molecule has 0 radical (unpaired) electrons. The average molecular weight is 273 g/mol. The molecule has 0 saturated carbocycles. The van der Waals surface area contributed by atoms with E-state index in [4.69, 9.17) is 18.0 Å². The summed E-state index contributed by atoms with van der Waals surface area (Å²) >= 11 is 4.99. The lowest BCUT2D eigenvalue weighted by Gasteiger charge is -2.39. The van der Waals surface area contributed by atoms with E-state index in [9.17, 15) is 9.90 Å². The van der Waals surface area contributed by atoms with Gasteiger partial charge in [-0.2, -0.15) is 0 Å². The second kappa shape index (κ2) is 7.01. The van der Waals surface area contributed by atoms with Crippen LogP contribution in [0.2, 0.25) is 0 Å². The van der Waals surface area contributed by atoms with Gasteiger partial charge in [0.15, 0.2) is 0 Å². The molecule has 1 saturated heterocycles. The molecule has 1 heterocycles. The molecule has 5 nitrogen and oxygen atoms in total. The molecule has 0 aliphatic carbocycles. The topological polar surface area (TPSA) is 69.8 Å². The van der Waals surface area contributed by atoms with Crippen LogP contribution in [0.5, 0.6) is 0 Å². The van der Waals surface area contributed by atoms with Crippen molar-refractivity contribution in [2.75, 3.05) is 26.2 Å². The van der Waals surface area contributed by atoms with Gasteiger partial charge in [-0.1, -0.05) is 25.6 Å². The smallest absolute Gasteiger partial charge is 0.320 e. The third kappa shape index (κ3) is 3.90. The lowest BCUT2D eigenvalue weighted by atomic mass is 10.1. The van der Waals surface area contributed by atoms with Gasteiger partial charge in [0, 0.05) is 26.2 Å². The normalized spacial score (nSPS) is 21.4. The number of thiocarbonyl (C=S) groups is 1. The molecule has 1 aliphatic rings. The minimum absolute atomic E-state index is 0.0941. The number of carboxylic acids is 1. The van der Waals surface area contributed by atoms with Gasteiger partial charge in [0.2, 0.25) is 0 Å². The van der Waals surface area contributed by atoms with Crippen molar-refractivity contribution in [2.24, 2.45) is 5.73 Å². The Hall–Kier alpha value is -0.720. The maximum atomic E-state index is 11.2. The maximum absolute atomic E-state index is 11.2. The molecular formula is C12H23N3O2S. The van der Waals surface area contributed by atoms with Gasteiger partial charge >= 0.3 is 5.97 Å². The highest BCUT2D eigenvalue weighted by molar-refractivity contribution is 7.80. The maximum Gasteiger partial charge on any atom is 0.320 e. The third-order valence-corrected chi connectivity index (χ3v) is 3.94. The molecule has 0 bridgehead atoms. The largest absolute Gasteiger partial charge is 0.480 e. The Morgan fingerprint density at radius 3 is 2.22 bits per heavy atom. The Balaban J connectivity index is 2.51. The van der Waals surface area contributed by atoms with E-state index in [0.717, 1.165) is 32.6 Å². The van der Waals surface area contributed by atoms with Crippen LogP contribution < -0.4 is 5.73 Å². The molecule has 2 atom stereocenters. The zero-order valence-electron chi connectivity index (χ0n) is 11.1. The first-order valence-corrected chi connectivity index (χ1v) is 6.88. The summed E-state index contributed by atoms with van der Waals surface area (Å²) in [5.41, 5.74) is 5.64. The summed E-state index contributed by atoms with van der Waals surface area (Å²) in [7, 11) is 0. The number of hydrogen-bond donors (Lipinski definition) is 2. The molecule has 1 aliphatic heterocycles. The van der Waals surface area contributed by atoms with Crippen molar-refractivity contribution < 1.29 is 9.90 Å². The van der Waals surface area contributed by atoms with E-state index in [1.807, 2.05) is 13.8 Å². The van der Waals surface area contributed by atoms with Crippen molar-refractivity contribution in [1.29, 1.82) is 0 Å². The Kier molecular flexibility index (Phi) is 5.98. The summed E-state index contributed by atoms with van der Waals surface area (Å²) in [4.78, 5) is 16.0. The molecule has 0 spiro atoms. The summed E-state index contributed by atoms with van der Waals surface area (Å²) < 4.78 is 0. The van der Waals surface area contributed by atoms with Crippen LogP contribution in [0.25, 0.3) is 0 Å². The van der Waals surface area contributed by atoms with Gasteiger partial charge in [-0.15, -0.1) is 0 Å². The fraction of sp³-hybridized carbons (Fsp3) is 0.833. The Morgan fingerprint density at radius 1 is 1.33 bits per heavy atom. The summed E-state index contributed by atoms with van der Waals surface area (Å²) in [6.07, 6.45) is 1.60. The SMILES string of the molecule is CCCC(C(=O)O)N1CCN(C(C)C(N)=S)CC1. The standard InChI is InChI=1S/C12H23N3O2S/c1-3-4-10(12(16)17)15-7-5-14(6-8-15)9(2)11(13)18/h9-10H,3-8H2,1-2H3,(H2,13,18)(H,16,17). The van der Waals surface area contributed by atoms with Crippen LogP contribution in [0.4, 0.5) is 0 Å². The number of piperazine rings is 1. The van der Waals surface area contributed by atoms with Crippen LogP contribution in [0.1, 0.15) is 26.7 Å². The number of rotatable bonds is 6. The predicted octanol–water partition coefficient (Wildman–Crippen LogP) is 0.532. The number of carboxylic acid groups (broad SMARTS) is 1. The van der Waals surface area contributed by atoms with Crippen LogP contribution in [0.15, 0.2) is 0 Å². The van der Waals surface area contributed by atoms with Crippen molar-refractivity contribution in [1.82, 2.24) is 9.80 Å².